The van der Waals surface area contributed by atoms with Crippen LogP contribution in [0.5, 0.6) is 0 Å². The standard InChI is InChI=1S/C12H12ClN3O/c13-8-2-1-3-9(6-8)16-11-4-5-17-7-10(11)12(14)15-16/h1-3,6H,4-5,7H2,(H2,14,15). The summed E-state index contributed by atoms with van der Waals surface area (Å²) in [4.78, 5) is 0. The lowest BCUT2D eigenvalue weighted by Gasteiger charge is -2.14. The zero-order valence-electron chi connectivity index (χ0n) is 9.19. The number of ether oxygens (including phenoxy) is 1. The molecule has 1 aliphatic rings. The molecule has 2 N–H and O–H groups in total. The normalized spacial score (nSPS) is 14.6. The highest BCUT2D eigenvalue weighted by Gasteiger charge is 2.20. The monoisotopic (exact) mass is 249 g/mol. The average Bonchev–Trinajstić information content (AvgIpc) is 2.68. The van der Waals surface area contributed by atoms with E-state index >= 15 is 0 Å². The lowest BCUT2D eigenvalue weighted by atomic mass is 10.1. The minimum Gasteiger partial charge on any atom is -0.382 e. The zero-order valence-corrected chi connectivity index (χ0v) is 9.94. The van der Waals surface area contributed by atoms with E-state index in [1.54, 1.807) is 0 Å². The van der Waals surface area contributed by atoms with E-state index in [2.05, 4.69) is 5.10 Å². The highest BCUT2D eigenvalue weighted by molar-refractivity contribution is 6.30. The average molecular weight is 250 g/mol. The van der Waals surface area contributed by atoms with Crippen LogP contribution >= 0.6 is 11.6 Å². The highest BCUT2D eigenvalue weighted by atomic mass is 35.5. The van der Waals surface area contributed by atoms with Crippen molar-refractivity contribution in [1.29, 1.82) is 0 Å². The van der Waals surface area contributed by atoms with Crippen LogP contribution in [0, 0.1) is 0 Å². The fraction of sp³-hybridized carbons (Fsp3) is 0.250. The summed E-state index contributed by atoms with van der Waals surface area (Å²) in [5.41, 5.74) is 8.95. The van der Waals surface area contributed by atoms with E-state index in [1.165, 1.54) is 0 Å². The summed E-state index contributed by atoms with van der Waals surface area (Å²) >= 11 is 5.99. The summed E-state index contributed by atoms with van der Waals surface area (Å²) in [6.07, 6.45) is 0.825. The number of nitrogen functional groups attached to an aromatic ring is 1. The smallest absolute Gasteiger partial charge is 0.151 e. The van der Waals surface area contributed by atoms with Crippen molar-refractivity contribution >= 4 is 17.4 Å². The SMILES string of the molecule is Nc1nn(-c2cccc(Cl)c2)c2c1COCC2. The molecule has 0 amide bonds. The molecule has 3 rings (SSSR count). The van der Waals surface area contributed by atoms with Gasteiger partial charge in [-0.15, -0.1) is 0 Å². The summed E-state index contributed by atoms with van der Waals surface area (Å²) in [5, 5.41) is 5.05. The van der Waals surface area contributed by atoms with Crippen molar-refractivity contribution in [1.82, 2.24) is 9.78 Å². The van der Waals surface area contributed by atoms with Gasteiger partial charge >= 0.3 is 0 Å². The Kier molecular flexibility index (Phi) is 2.53. The number of rotatable bonds is 1. The minimum atomic E-state index is 0.541. The molecule has 1 aromatic heterocycles. The Bertz CT molecular complexity index is 565. The second-order valence-corrected chi connectivity index (χ2v) is 4.44. The quantitative estimate of drug-likeness (QED) is 0.843. The molecule has 1 aromatic carbocycles. The number of fused-ring (bicyclic) bond motifs is 1. The van der Waals surface area contributed by atoms with Crippen molar-refractivity contribution in [3.63, 3.8) is 0 Å². The molecule has 5 heteroatoms. The Labute approximate surface area is 104 Å². The molecule has 17 heavy (non-hydrogen) atoms. The van der Waals surface area contributed by atoms with Crippen LogP contribution in [0.2, 0.25) is 5.02 Å². The van der Waals surface area contributed by atoms with Gasteiger partial charge in [-0.1, -0.05) is 17.7 Å². The lowest BCUT2D eigenvalue weighted by molar-refractivity contribution is 0.110. The minimum absolute atomic E-state index is 0.541. The number of halogens is 1. The Morgan fingerprint density at radius 3 is 3.12 bits per heavy atom. The van der Waals surface area contributed by atoms with E-state index in [9.17, 15) is 0 Å². The maximum atomic E-state index is 5.99. The maximum Gasteiger partial charge on any atom is 0.151 e. The van der Waals surface area contributed by atoms with Gasteiger partial charge in [0.25, 0.3) is 0 Å². The third-order valence-electron chi connectivity index (χ3n) is 2.90. The first kappa shape index (κ1) is 10.6. The molecule has 4 nitrogen and oxygen atoms in total. The van der Waals surface area contributed by atoms with Crippen LogP contribution in [0.4, 0.5) is 5.82 Å². The Hall–Kier alpha value is -1.52. The number of nitrogens with zero attached hydrogens (tertiary/aromatic N) is 2. The molecule has 0 saturated heterocycles. The summed E-state index contributed by atoms with van der Waals surface area (Å²) in [6, 6.07) is 7.59. The van der Waals surface area contributed by atoms with Crippen LogP contribution in [0.3, 0.4) is 0 Å². The Balaban J connectivity index is 2.15. The van der Waals surface area contributed by atoms with Crippen LogP contribution < -0.4 is 5.73 Å². The molecule has 1 aliphatic heterocycles. The summed E-state index contributed by atoms with van der Waals surface area (Å²) < 4.78 is 7.25. The van der Waals surface area contributed by atoms with Gasteiger partial charge in [0.15, 0.2) is 5.82 Å². The molecule has 0 radical (unpaired) electrons. The fourth-order valence-corrected chi connectivity index (χ4v) is 2.27. The van der Waals surface area contributed by atoms with Crippen molar-refractivity contribution in [3.8, 4) is 5.69 Å². The van der Waals surface area contributed by atoms with Gasteiger partial charge in [0.1, 0.15) is 0 Å². The first-order valence-corrected chi connectivity index (χ1v) is 5.83. The van der Waals surface area contributed by atoms with E-state index in [-0.39, 0.29) is 0 Å². The third kappa shape index (κ3) is 1.79. The van der Waals surface area contributed by atoms with Gasteiger partial charge in [-0.3, -0.25) is 0 Å². The summed E-state index contributed by atoms with van der Waals surface area (Å²) in [7, 11) is 0. The van der Waals surface area contributed by atoms with Gasteiger partial charge < -0.3 is 10.5 Å². The van der Waals surface area contributed by atoms with Crippen molar-refractivity contribution in [2.45, 2.75) is 13.0 Å². The number of nitrogens with two attached hydrogens (primary N) is 1. The lowest BCUT2D eigenvalue weighted by Crippen LogP contribution is -2.13. The topological polar surface area (TPSA) is 53.1 Å². The van der Waals surface area contributed by atoms with E-state index < -0.39 is 0 Å². The van der Waals surface area contributed by atoms with Crippen molar-refractivity contribution in [2.75, 3.05) is 12.3 Å². The van der Waals surface area contributed by atoms with Crippen LogP contribution in [-0.2, 0) is 17.8 Å². The molecule has 0 spiro atoms. The van der Waals surface area contributed by atoms with Gasteiger partial charge in [-0.25, -0.2) is 4.68 Å². The van der Waals surface area contributed by atoms with Gasteiger partial charge in [-0.05, 0) is 18.2 Å². The summed E-state index contributed by atoms with van der Waals surface area (Å²) in [6.45, 7) is 1.25. The zero-order chi connectivity index (χ0) is 11.8. The van der Waals surface area contributed by atoms with E-state index in [0.29, 0.717) is 24.1 Å². The maximum absolute atomic E-state index is 5.99. The van der Waals surface area contributed by atoms with E-state index in [1.807, 2.05) is 28.9 Å². The van der Waals surface area contributed by atoms with Crippen molar-refractivity contribution in [3.05, 3.63) is 40.5 Å². The van der Waals surface area contributed by atoms with Gasteiger partial charge in [0.05, 0.1) is 24.6 Å². The fourth-order valence-electron chi connectivity index (χ4n) is 2.08. The summed E-state index contributed by atoms with van der Waals surface area (Å²) in [5.74, 6) is 0.541. The Morgan fingerprint density at radius 1 is 1.41 bits per heavy atom. The molecule has 0 fully saturated rings. The second kappa shape index (κ2) is 4.05. The number of hydrogen-bond acceptors (Lipinski definition) is 3. The van der Waals surface area contributed by atoms with Crippen LogP contribution in [-0.4, -0.2) is 16.4 Å². The first-order chi connectivity index (χ1) is 8.25. The van der Waals surface area contributed by atoms with Crippen LogP contribution in [0.1, 0.15) is 11.3 Å². The van der Waals surface area contributed by atoms with Gasteiger partial charge in [-0.2, -0.15) is 5.10 Å². The molecule has 2 heterocycles. The molecule has 0 unspecified atom stereocenters. The van der Waals surface area contributed by atoms with Crippen molar-refractivity contribution in [2.24, 2.45) is 0 Å². The highest BCUT2D eigenvalue weighted by Crippen LogP contribution is 2.26. The molecule has 2 aromatic rings. The second-order valence-electron chi connectivity index (χ2n) is 4.00. The molecular formula is C12H12ClN3O. The van der Waals surface area contributed by atoms with Crippen LogP contribution in [0.25, 0.3) is 5.69 Å². The molecule has 88 valence electrons. The first-order valence-electron chi connectivity index (χ1n) is 5.45. The molecular weight excluding hydrogens is 238 g/mol. The largest absolute Gasteiger partial charge is 0.382 e. The molecule has 0 atom stereocenters. The van der Waals surface area contributed by atoms with Gasteiger partial charge in [0.2, 0.25) is 0 Å². The predicted molar refractivity (Wildman–Crippen MR) is 66.3 cm³/mol. The molecule has 0 aliphatic carbocycles. The third-order valence-corrected chi connectivity index (χ3v) is 3.14. The number of benzene rings is 1. The number of anilines is 1. The van der Waals surface area contributed by atoms with E-state index in [4.69, 9.17) is 22.1 Å². The molecule has 0 saturated carbocycles. The number of aromatic nitrogens is 2. The van der Waals surface area contributed by atoms with Gasteiger partial charge in [0, 0.05) is 17.0 Å². The number of hydrogen-bond donors (Lipinski definition) is 1. The predicted octanol–water partition coefficient (Wildman–Crippen LogP) is 2.18. The van der Waals surface area contributed by atoms with Crippen molar-refractivity contribution < 1.29 is 4.74 Å². The Morgan fingerprint density at radius 2 is 2.29 bits per heavy atom. The van der Waals surface area contributed by atoms with E-state index in [0.717, 1.165) is 23.4 Å². The van der Waals surface area contributed by atoms with Crippen LogP contribution in [0.15, 0.2) is 24.3 Å². The molecule has 0 bridgehead atoms.